The summed E-state index contributed by atoms with van der Waals surface area (Å²) in [4.78, 5) is 11.8. The molecule has 1 atom stereocenters. The van der Waals surface area contributed by atoms with Crippen LogP contribution >= 0.6 is 0 Å². The first-order valence-corrected chi connectivity index (χ1v) is 8.50. The summed E-state index contributed by atoms with van der Waals surface area (Å²) in [6.45, 7) is 5.48. The molecule has 0 bridgehead atoms. The van der Waals surface area contributed by atoms with Crippen LogP contribution in [0.4, 0.5) is 0 Å². The van der Waals surface area contributed by atoms with E-state index in [1.165, 1.54) is 4.31 Å². The van der Waals surface area contributed by atoms with Crippen molar-refractivity contribution in [3.05, 3.63) is 0 Å². The molecule has 1 heterocycles. The van der Waals surface area contributed by atoms with Gasteiger partial charge in [-0.25, -0.2) is 0 Å². The highest BCUT2D eigenvalue weighted by molar-refractivity contribution is 7.87. The zero-order chi connectivity index (χ0) is 14.3. The summed E-state index contributed by atoms with van der Waals surface area (Å²) in [5.74, 6) is -0.214. The summed E-state index contributed by atoms with van der Waals surface area (Å²) in [7, 11) is -3.57. The smallest absolute Gasteiger partial charge is 0.280 e. The van der Waals surface area contributed by atoms with Gasteiger partial charge in [-0.15, -0.1) is 0 Å². The molecule has 1 saturated heterocycles. The number of carbonyl (C=O) groups excluding carboxylic acids is 1. The number of hydrogen-bond acceptors (Lipinski definition) is 3. The zero-order valence-electron chi connectivity index (χ0n) is 11.8. The Balaban J connectivity index is 2.72. The SMILES string of the molecule is CCCN(CCC)S(=O)(=O)N[C@@H]1CCCCNC1=O. The normalized spacial score (nSPS) is 21.2. The van der Waals surface area contributed by atoms with Crippen molar-refractivity contribution >= 4 is 16.1 Å². The van der Waals surface area contributed by atoms with Crippen LogP contribution in [0.5, 0.6) is 0 Å². The van der Waals surface area contributed by atoms with Crippen molar-refractivity contribution in [1.29, 1.82) is 0 Å². The molecular weight excluding hydrogens is 266 g/mol. The molecular formula is C12H25N3O3S. The predicted octanol–water partition coefficient (Wildman–Crippen LogP) is 0.611. The molecule has 0 aliphatic carbocycles. The highest BCUT2D eigenvalue weighted by Crippen LogP contribution is 2.09. The lowest BCUT2D eigenvalue weighted by atomic mass is 10.1. The lowest BCUT2D eigenvalue weighted by Gasteiger charge is -2.24. The highest BCUT2D eigenvalue weighted by atomic mass is 32.2. The maximum absolute atomic E-state index is 12.3. The summed E-state index contributed by atoms with van der Waals surface area (Å²) in [5, 5.41) is 2.74. The van der Waals surface area contributed by atoms with Crippen LogP contribution in [0, 0.1) is 0 Å². The number of rotatable bonds is 7. The van der Waals surface area contributed by atoms with Crippen LogP contribution in [0.3, 0.4) is 0 Å². The van der Waals surface area contributed by atoms with Crippen LogP contribution in [0.2, 0.25) is 0 Å². The van der Waals surface area contributed by atoms with Crippen LogP contribution in [0.1, 0.15) is 46.0 Å². The Morgan fingerprint density at radius 3 is 2.47 bits per heavy atom. The Morgan fingerprint density at radius 1 is 1.26 bits per heavy atom. The maximum atomic E-state index is 12.3. The molecule has 1 amide bonds. The van der Waals surface area contributed by atoms with E-state index in [1.807, 2.05) is 13.8 Å². The largest absolute Gasteiger partial charge is 0.355 e. The first kappa shape index (κ1) is 16.4. The molecule has 19 heavy (non-hydrogen) atoms. The molecule has 2 N–H and O–H groups in total. The fourth-order valence-corrected chi connectivity index (χ4v) is 3.74. The standard InChI is InChI=1S/C12H25N3O3S/c1-3-9-15(10-4-2)19(17,18)14-11-7-5-6-8-13-12(11)16/h11,14H,3-10H2,1-2H3,(H,13,16)/t11-/m1/s1. The van der Waals surface area contributed by atoms with Gasteiger partial charge in [0.1, 0.15) is 6.04 Å². The van der Waals surface area contributed by atoms with Gasteiger partial charge in [-0.2, -0.15) is 17.4 Å². The number of carbonyl (C=O) groups is 1. The van der Waals surface area contributed by atoms with Crippen molar-refractivity contribution in [2.24, 2.45) is 0 Å². The van der Waals surface area contributed by atoms with Gasteiger partial charge in [0, 0.05) is 19.6 Å². The minimum Gasteiger partial charge on any atom is -0.355 e. The maximum Gasteiger partial charge on any atom is 0.280 e. The summed E-state index contributed by atoms with van der Waals surface area (Å²) in [6.07, 6.45) is 3.85. The van der Waals surface area contributed by atoms with Crippen molar-refractivity contribution in [3.63, 3.8) is 0 Å². The van der Waals surface area contributed by atoms with Gasteiger partial charge in [0.2, 0.25) is 5.91 Å². The van der Waals surface area contributed by atoms with E-state index < -0.39 is 16.3 Å². The first-order chi connectivity index (χ1) is 9.01. The fourth-order valence-electron chi connectivity index (χ4n) is 2.16. The molecule has 112 valence electrons. The average Bonchev–Trinajstić information content (AvgIpc) is 2.54. The quantitative estimate of drug-likeness (QED) is 0.721. The molecule has 0 saturated carbocycles. The Bertz CT molecular complexity index is 378. The molecule has 1 fully saturated rings. The minimum atomic E-state index is -3.57. The molecule has 0 unspecified atom stereocenters. The van der Waals surface area contributed by atoms with Crippen molar-refractivity contribution in [2.75, 3.05) is 19.6 Å². The first-order valence-electron chi connectivity index (χ1n) is 7.06. The molecule has 0 aromatic heterocycles. The number of amides is 1. The van der Waals surface area contributed by atoms with Gasteiger partial charge in [-0.3, -0.25) is 4.79 Å². The molecule has 6 nitrogen and oxygen atoms in total. The van der Waals surface area contributed by atoms with E-state index in [1.54, 1.807) is 0 Å². The van der Waals surface area contributed by atoms with Gasteiger partial charge in [-0.05, 0) is 32.1 Å². The molecule has 1 aliphatic heterocycles. The predicted molar refractivity (Wildman–Crippen MR) is 74.9 cm³/mol. The Kier molecular flexibility index (Phi) is 6.74. The summed E-state index contributed by atoms with van der Waals surface area (Å²) < 4.78 is 28.5. The molecule has 0 aromatic rings. The monoisotopic (exact) mass is 291 g/mol. The molecule has 0 radical (unpaired) electrons. The van der Waals surface area contributed by atoms with Crippen LogP contribution in [-0.2, 0) is 15.0 Å². The lowest BCUT2D eigenvalue weighted by Crippen LogP contribution is -2.51. The van der Waals surface area contributed by atoms with E-state index in [0.29, 0.717) is 26.1 Å². The average molecular weight is 291 g/mol. The van der Waals surface area contributed by atoms with Gasteiger partial charge < -0.3 is 5.32 Å². The van der Waals surface area contributed by atoms with Crippen LogP contribution in [0.25, 0.3) is 0 Å². The summed E-state index contributed by atoms with van der Waals surface area (Å²) in [6, 6.07) is -0.635. The zero-order valence-corrected chi connectivity index (χ0v) is 12.6. The molecule has 7 heteroatoms. The van der Waals surface area contributed by atoms with E-state index in [9.17, 15) is 13.2 Å². The van der Waals surface area contributed by atoms with Crippen molar-refractivity contribution < 1.29 is 13.2 Å². The third-order valence-corrected chi connectivity index (χ3v) is 4.74. The Hall–Kier alpha value is -0.660. The van der Waals surface area contributed by atoms with Crippen LogP contribution < -0.4 is 10.0 Å². The van der Waals surface area contributed by atoms with Gasteiger partial charge in [-0.1, -0.05) is 13.8 Å². The number of nitrogens with one attached hydrogen (secondary N) is 2. The Labute approximate surface area is 116 Å². The third-order valence-electron chi connectivity index (χ3n) is 3.11. The Morgan fingerprint density at radius 2 is 1.89 bits per heavy atom. The van der Waals surface area contributed by atoms with Gasteiger partial charge in [0.05, 0.1) is 0 Å². The molecule has 1 rings (SSSR count). The second-order valence-corrected chi connectivity index (χ2v) is 6.56. The van der Waals surface area contributed by atoms with Crippen LogP contribution in [-0.4, -0.2) is 44.3 Å². The minimum absolute atomic E-state index is 0.214. The summed E-state index contributed by atoms with van der Waals surface area (Å²) in [5.41, 5.74) is 0. The van der Waals surface area contributed by atoms with Gasteiger partial charge >= 0.3 is 0 Å². The van der Waals surface area contributed by atoms with E-state index in [2.05, 4.69) is 10.0 Å². The molecule has 0 spiro atoms. The second-order valence-electron chi connectivity index (χ2n) is 4.86. The van der Waals surface area contributed by atoms with E-state index in [-0.39, 0.29) is 5.91 Å². The van der Waals surface area contributed by atoms with E-state index >= 15 is 0 Å². The topological polar surface area (TPSA) is 78.5 Å². The second kappa shape index (κ2) is 7.81. The number of nitrogens with zero attached hydrogens (tertiary/aromatic N) is 1. The van der Waals surface area contributed by atoms with Crippen molar-refractivity contribution in [2.45, 2.75) is 52.0 Å². The van der Waals surface area contributed by atoms with Gasteiger partial charge in [0.25, 0.3) is 10.2 Å². The van der Waals surface area contributed by atoms with E-state index in [0.717, 1.165) is 25.7 Å². The lowest BCUT2D eigenvalue weighted by molar-refractivity contribution is -0.122. The number of hydrogen-bond donors (Lipinski definition) is 2. The van der Waals surface area contributed by atoms with Gasteiger partial charge in [0.15, 0.2) is 0 Å². The van der Waals surface area contributed by atoms with E-state index in [4.69, 9.17) is 0 Å². The highest BCUT2D eigenvalue weighted by Gasteiger charge is 2.29. The molecule has 1 aliphatic rings. The molecule has 0 aromatic carbocycles. The summed E-state index contributed by atoms with van der Waals surface area (Å²) >= 11 is 0. The van der Waals surface area contributed by atoms with Crippen LogP contribution in [0.15, 0.2) is 0 Å². The fraction of sp³-hybridized carbons (Fsp3) is 0.917. The van der Waals surface area contributed by atoms with Crippen molar-refractivity contribution in [1.82, 2.24) is 14.3 Å². The third kappa shape index (κ3) is 5.08. The van der Waals surface area contributed by atoms with Crippen molar-refractivity contribution in [3.8, 4) is 0 Å².